The molecule has 3 aliphatic heterocycles. The second-order valence-electron chi connectivity index (χ2n) is 7.33. The smallest absolute Gasteiger partial charge is 0.225 e. The number of sulfone groups is 1. The van der Waals surface area contributed by atoms with Crippen molar-refractivity contribution in [3.63, 3.8) is 0 Å². The van der Waals surface area contributed by atoms with E-state index in [0.29, 0.717) is 30.5 Å². The number of hydrogen-bond acceptors (Lipinski definition) is 8. The monoisotopic (exact) mass is 390 g/mol. The molecule has 0 unspecified atom stereocenters. The van der Waals surface area contributed by atoms with Crippen molar-refractivity contribution in [1.82, 2.24) is 19.9 Å². The van der Waals surface area contributed by atoms with Crippen molar-refractivity contribution < 1.29 is 12.8 Å². The molecule has 0 saturated carbocycles. The number of halogens is 1. The molecule has 0 bridgehead atoms. The van der Waals surface area contributed by atoms with Crippen molar-refractivity contribution in [2.75, 3.05) is 36.0 Å². The topological polar surface area (TPSA) is 92.2 Å². The van der Waals surface area contributed by atoms with Crippen LogP contribution in [0.25, 0.3) is 0 Å². The minimum Gasteiger partial charge on any atom is -0.341 e. The van der Waals surface area contributed by atoms with Gasteiger partial charge in [-0.2, -0.15) is 0 Å². The molecule has 0 aromatic carbocycles. The van der Waals surface area contributed by atoms with E-state index in [0.717, 1.165) is 44.0 Å². The molecule has 0 radical (unpaired) electrons. The number of hydrogen-bond donors (Lipinski definition) is 0. The number of anilines is 2. The van der Waals surface area contributed by atoms with Crippen molar-refractivity contribution in [1.29, 1.82) is 0 Å². The third-order valence-electron chi connectivity index (χ3n) is 5.60. The molecule has 2 aromatic rings. The lowest BCUT2D eigenvalue weighted by molar-refractivity contribution is 0.563. The van der Waals surface area contributed by atoms with Gasteiger partial charge in [-0.25, -0.2) is 32.7 Å². The van der Waals surface area contributed by atoms with Crippen LogP contribution in [0.3, 0.4) is 0 Å². The third kappa shape index (κ3) is 2.82. The minimum absolute atomic E-state index is 0.0398. The fourth-order valence-corrected chi connectivity index (χ4v) is 6.26. The first-order chi connectivity index (χ1) is 13.0. The molecular formula is C17H19FN6O2S. The number of fused-ring (bicyclic) bond motifs is 3. The summed E-state index contributed by atoms with van der Waals surface area (Å²) in [6, 6.07) is 0. The van der Waals surface area contributed by atoms with Gasteiger partial charge in [0.2, 0.25) is 11.9 Å². The Hall–Kier alpha value is -2.36. The van der Waals surface area contributed by atoms with E-state index >= 15 is 0 Å². The Bertz CT molecular complexity index is 977. The SMILES string of the molecule is O=S1(=O)Cc2cnc(N3CCCC3)nc2[C@@H]2CN(c3ncc(F)cn3)C[C@@H]21. The molecule has 2 fully saturated rings. The zero-order valence-corrected chi connectivity index (χ0v) is 15.4. The zero-order chi connectivity index (χ0) is 18.6. The maximum atomic E-state index is 13.1. The van der Waals surface area contributed by atoms with E-state index in [1.165, 1.54) is 0 Å². The fourth-order valence-electron chi connectivity index (χ4n) is 4.27. The Morgan fingerprint density at radius 2 is 1.67 bits per heavy atom. The number of rotatable bonds is 2. The Morgan fingerprint density at radius 3 is 2.41 bits per heavy atom. The van der Waals surface area contributed by atoms with Crippen molar-refractivity contribution in [2.45, 2.75) is 29.8 Å². The van der Waals surface area contributed by atoms with E-state index in [9.17, 15) is 12.8 Å². The summed E-state index contributed by atoms with van der Waals surface area (Å²) in [6.07, 6.45) is 6.11. The first-order valence-electron chi connectivity index (χ1n) is 9.06. The van der Waals surface area contributed by atoms with Crippen LogP contribution in [0, 0.1) is 5.82 Å². The van der Waals surface area contributed by atoms with E-state index < -0.39 is 20.9 Å². The second-order valence-corrected chi connectivity index (χ2v) is 9.55. The van der Waals surface area contributed by atoms with Gasteiger partial charge in [0.15, 0.2) is 15.7 Å². The van der Waals surface area contributed by atoms with Crippen LogP contribution in [0.4, 0.5) is 16.3 Å². The van der Waals surface area contributed by atoms with Gasteiger partial charge in [0.25, 0.3) is 0 Å². The molecular weight excluding hydrogens is 371 g/mol. The van der Waals surface area contributed by atoms with Crippen molar-refractivity contribution in [2.24, 2.45) is 0 Å². The van der Waals surface area contributed by atoms with E-state index in [1.54, 1.807) is 11.1 Å². The van der Waals surface area contributed by atoms with E-state index in [4.69, 9.17) is 4.98 Å². The van der Waals surface area contributed by atoms with Gasteiger partial charge in [0, 0.05) is 43.9 Å². The normalized spacial score (nSPS) is 26.1. The first-order valence-corrected chi connectivity index (χ1v) is 10.8. The molecule has 2 atom stereocenters. The highest BCUT2D eigenvalue weighted by Crippen LogP contribution is 2.40. The number of nitrogens with zero attached hydrogens (tertiary/aromatic N) is 6. The van der Waals surface area contributed by atoms with Gasteiger partial charge < -0.3 is 9.80 Å². The molecule has 0 N–H and O–H groups in total. The molecule has 5 heterocycles. The Morgan fingerprint density at radius 1 is 0.963 bits per heavy atom. The molecule has 8 nitrogen and oxygen atoms in total. The first kappa shape index (κ1) is 16.8. The predicted molar refractivity (Wildman–Crippen MR) is 96.8 cm³/mol. The zero-order valence-electron chi connectivity index (χ0n) is 14.6. The fraction of sp³-hybridized carbons (Fsp3) is 0.529. The van der Waals surface area contributed by atoms with Gasteiger partial charge >= 0.3 is 0 Å². The van der Waals surface area contributed by atoms with E-state index in [-0.39, 0.29) is 11.7 Å². The van der Waals surface area contributed by atoms with Crippen LogP contribution in [0.1, 0.15) is 30.0 Å². The Kier molecular flexibility index (Phi) is 3.78. The van der Waals surface area contributed by atoms with Gasteiger partial charge in [-0.1, -0.05) is 0 Å². The molecule has 3 aliphatic rings. The van der Waals surface area contributed by atoms with Crippen LogP contribution in [0.15, 0.2) is 18.6 Å². The van der Waals surface area contributed by atoms with Crippen LogP contribution in [-0.4, -0.2) is 59.8 Å². The van der Waals surface area contributed by atoms with Gasteiger partial charge in [-0.15, -0.1) is 0 Å². The van der Waals surface area contributed by atoms with Crippen molar-refractivity contribution in [3.8, 4) is 0 Å². The summed E-state index contributed by atoms with van der Waals surface area (Å²) in [4.78, 5) is 21.1. The van der Waals surface area contributed by atoms with Crippen LogP contribution >= 0.6 is 0 Å². The molecule has 0 aliphatic carbocycles. The lowest BCUT2D eigenvalue weighted by atomic mass is 10.00. The quantitative estimate of drug-likeness (QED) is 0.747. The predicted octanol–water partition coefficient (Wildman–Crippen LogP) is 0.907. The summed E-state index contributed by atoms with van der Waals surface area (Å²) >= 11 is 0. The third-order valence-corrected chi connectivity index (χ3v) is 7.71. The highest BCUT2D eigenvalue weighted by Gasteiger charge is 2.48. The second kappa shape index (κ2) is 6.08. The average Bonchev–Trinajstić information content (AvgIpc) is 3.32. The molecule has 2 saturated heterocycles. The lowest BCUT2D eigenvalue weighted by Gasteiger charge is -2.27. The molecule has 0 amide bonds. The number of aromatic nitrogens is 4. The summed E-state index contributed by atoms with van der Waals surface area (Å²) in [5, 5.41) is -0.556. The van der Waals surface area contributed by atoms with E-state index in [1.807, 2.05) is 0 Å². The summed E-state index contributed by atoms with van der Waals surface area (Å²) in [6.45, 7) is 2.60. The lowest BCUT2D eigenvalue weighted by Crippen LogP contribution is -2.35. The molecule has 142 valence electrons. The summed E-state index contributed by atoms with van der Waals surface area (Å²) in [5.74, 6) is 0.215. The van der Waals surface area contributed by atoms with E-state index in [2.05, 4.69) is 19.9 Å². The van der Waals surface area contributed by atoms with Crippen LogP contribution in [0.5, 0.6) is 0 Å². The van der Waals surface area contributed by atoms with Crippen molar-refractivity contribution in [3.05, 3.63) is 35.7 Å². The molecule has 2 aromatic heterocycles. The Labute approximate surface area is 156 Å². The minimum atomic E-state index is -3.32. The maximum absolute atomic E-state index is 13.1. The highest BCUT2D eigenvalue weighted by atomic mass is 32.2. The molecule has 27 heavy (non-hydrogen) atoms. The summed E-state index contributed by atoms with van der Waals surface area (Å²) < 4.78 is 38.7. The standard InChI is InChI=1S/C17H19FN6O2S/c18-12-6-20-16(21-7-12)24-8-13-14(9-24)27(25,26)10-11-5-19-17(22-15(11)13)23-3-1-2-4-23/h5-7,13-14H,1-4,8-10H2/t13-,14+/m1/s1. The Balaban J connectivity index is 1.52. The van der Waals surface area contributed by atoms with Crippen molar-refractivity contribution >= 4 is 21.7 Å². The van der Waals surface area contributed by atoms with Crippen LogP contribution in [0.2, 0.25) is 0 Å². The summed E-state index contributed by atoms with van der Waals surface area (Å²) in [7, 11) is -3.32. The highest BCUT2D eigenvalue weighted by molar-refractivity contribution is 7.91. The molecule has 5 rings (SSSR count). The van der Waals surface area contributed by atoms with Crippen LogP contribution < -0.4 is 9.80 Å². The van der Waals surface area contributed by atoms with Gasteiger partial charge in [-0.3, -0.25) is 0 Å². The largest absolute Gasteiger partial charge is 0.341 e. The van der Waals surface area contributed by atoms with Gasteiger partial charge in [0.1, 0.15) is 0 Å². The van der Waals surface area contributed by atoms with Crippen LogP contribution in [-0.2, 0) is 15.6 Å². The average molecular weight is 390 g/mol. The van der Waals surface area contributed by atoms with Gasteiger partial charge in [-0.05, 0) is 12.8 Å². The maximum Gasteiger partial charge on any atom is 0.225 e. The van der Waals surface area contributed by atoms with Gasteiger partial charge in [0.05, 0.1) is 29.1 Å². The molecule has 10 heteroatoms. The molecule has 0 spiro atoms. The summed E-state index contributed by atoms with van der Waals surface area (Å²) in [5.41, 5.74) is 1.50.